The number of ether oxygens (including phenoxy) is 2. The van der Waals surface area contributed by atoms with Gasteiger partial charge in [-0.15, -0.1) is 11.3 Å². The fraction of sp³-hybridized carbons (Fsp3) is 0.733. The SMILES string of the molecule is CCC(N)C(c1cc(Br)cs1)N(CCOC)C(C)COC. The third-order valence-electron chi connectivity index (χ3n) is 3.64. The van der Waals surface area contributed by atoms with Crippen molar-refractivity contribution in [3.05, 3.63) is 20.8 Å². The Labute approximate surface area is 140 Å². The molecule has 21 heavy (non-hydrogen) atoms. The van der Waals surface area contributed by atoms with E-state index in [0.29, 0.717) is 13.2 Å². The minimum Gasteiger partial charge on any atom is -0.383 e. The van der Waals surface area contributed by atoms with Crippen LogP contribution in [0.2, 0.25) is 0 Å². The van der Waals surface area contributed by atoms with Gasteiger partial charge in [-0.2, -0.15) is 0 Å². The van der Waals surface area contributed by atoms with E-state index in [4.69, 9.17) is 15.2 Å². The molecule has 0 aliphatic rings. The Bertz CT molecular complexity index is 403. The molecule has 0 saturated heterocycles. The molecular weight excluding hydrogens is 352 g/mol. The molecular formula is C15H27BrN2O2S. The first-order valence-electron chi connectivity index (χ1n) is 7.28. The predicted octanol–water partition coefficient (Wildman–Crippen LogP) is 3.27. The molecule has 0 aliphatic heterocycles. The molecule has 0 spiro atoms. The summed E-state index contributed by atoms with van der Waals surface area (Å²) >= 11 is 5.29. The minimum absolute atomic E-state index is 0.0895. The number of nitrogens with zero attached hydrogens (tertiary/aromatic N) is 1. The minimum atomic E-state index is 0.0895. The van der Waals surface area contributed by atoms with Gasteiger partial charge in [-0.1, -0.05) is 6.92 Å². The molecule has 0 aromatic carbocycles. The standard InChI is InChI=1S/C15H27BrN2O2S/c1-5-13(17)15(14-8-12(16)10-21-14)18(6-7-19-3)11(2)9-20-4/h8,10-11,13,15H,5-7,9,17H2,1-4H3. The molecule has 0 fully saturated rings. The summed E-state index contributed by atoms with van der Waals surface area (Å²) in [6, 6.07) is 2.73. The second-order valence-electron chi connectivity index (χ2n) is 5.22. The van der Waals surface area contributed by atoms with Gasteiger partial charge in [0, 0.05) is 47.6 Å². The van der Waals surface area contributed by atoms with E-state index in [0.717, 1.165) is 17.4 Å². The van der Waals surface area contributed by atoms with E-state index in [2.05, 4.69) is 46.1 Å². The molecule has 0 radical (unpaired) electrons. The fourth-order valence-corrected chi connectivity index (χ4v) is 4.13. The molecule has 1 heterocycles. The van der Waals surface area contributed by atoms with Crippen LogP contribution in [0.25, 0.3) is 0 Å². The van der Waals surface area contributed by atoms with Crippen molar-refractivity contribution in [3.8, 4) is 0 Å². The normalized spacial score (nSPS) is 16.1. The Morgan fingerprint density at radius 1 is 1.38 bits per heavy atom. The summed E-state index contributed by atoms with van der Waals surface area (Å²) < 4.78 is 11.7. The van der Waals surface area contributed by atoms with Crippen LogP contribution in [0.1, 0.15) is 31.2 Å². The summed E-state index contributed by atoms with van der Waals surface area (Å²) in [5, 5.41) is 2.11. The van der Waals surface area contributed by atoms with E-state index in [1.165, 1.54) is 4.88 Å². The fourth-order valence-electron chi connectivity index (χ4n) is 2.49. The number of hydrogen-bond acceptors (Lipinski definition) is 5. The molecule has 0 aliphatic carbocycles. The van der Waals surface area contributed by atoms with E-state index in [-0.39, 0.29) is 18.1 Å². The van der Waals surface area contributed by atoms with Crippen molar-refractivity contribution in [2.24, 2.45) is 5.73 Å². The molecule has 1 aromatic rings. The molecule has 3 unspecified atom stereocenters. The van der Waals surface area contributed by atoms with Crippen LogP contribution in [0.3, 0.4) is 0 Å². The highest BCUT2D eigenvalue weighted by atomic mass is 79.9. The van der Waals surface area contributed by atoms with Crippen molar-refractivity contribution in [3.63, 3.8) is 0 Å². The smallest absolute Gasteiger partial charge is 0.0615 e. The lowest BCUT2D eigenvalue weighted by Crippen LogP contribution is -2.47. The largest absolute Gasteiger partial charge is 0.383 e. The first-order chi connectivity index (χ1) is 10.0. The zero-order chi connectivity index (χ0) is 15.8. The number of rotatable bonds is 10. The quantitative estimate of drug-likeness (QED) is 0.678. The second kappa shape index (κ2) is 9.92. The first-order valence-corrected chi connectivity index (χ1v) is 8.95. The van der Waals surface area contributed by atoms with Crippen molar-refractivity contribution in [2.75, 3.05) is 34.0 Å². The zero-order valence-corrected chi connectivity index (χ0v) is 15.7. The molecule has 0 saturated carbocycles. The van der Waals surface area contributed by atoms with E-state index in [1.807, 2.05) is 0 Å². The summed E-state index contributed by atoms with van der Waals surface area (Å²) in [7, 11) is 3.47. The Hall–Kier alpha value is 0.0200. The van der Waals surface area contributed by atoms with Crippen LogP contribution in [-0.2, 0) is 9.47 Å². The highest BCUT2D eigenvalue weighted by Gasteiger charge is 2.30. The average molecular weight is 379 g/mol. The van der Waals surface area contributed by atoms with Gasteiger partial charge in [0.25, 0.3) is 0 Å². The van der Waals surface area contributed by atoms with Crippen LogP contribution < -0.4 is 5.73 Å². The van der Waals surface area contributed by atoms with Gasteiger partial charge in [0.05, 0.1) is 19.3 Å². The molecule has 1 aromatic heterocycles. The van der Waals surface area contributed by atoms with Gasteiger partial charge in [-0.05, 0) is 35.3 Å². The third kappa shape index (κ3) is 5.62. The van der Waals surface area contributed by atoms with E-state index in [9.17, 15) is 0 Å². The number of nitrogens with two attached hydrogens (primary N) is 1. The molecule has 2 N–H and O–H groups in total. The third-order valence-corrected chi connectivity index (χ3v) is 5.41. The van der Waals surface area contributed by atoms with Crippen molar-refractivity contribution >= 4 is 27.3 Å². The van der Waals surface area contributed by atoms with Crippen LogP contribution >= 0.6 is 27.3 Å². The van der Waals surface area contributed by atoms with Crippen LogP contribution in [0.5, 0.6) is 0 Å². The van der Waals surface area contributed by atoms with Gasteiger partial charge < -0.3 is 15.2 Å². The highest BCUT2D eigenvalue weighted by molar-refractivity contribution is 9.10. The maximum Gasteiger partial charge on any atom is 0.0615 e. The van der Waals surface area contributed by atoms with Crippen molar-refractivity contribution in [2.45, 2.75) is 38.4 Å². The molecule has 6 heteroatoms. The van der Waals surface area contributed by atoms with Crippen molar-refractivity contribution in [1.29, 1.82) is 0 Å². The maximum absolute atomic E-state index is 6.43. The predicted molar refractivity (Wildman–Crippen MR) is 92.9 cm³/mol. The Morgan fingerprint density at radius 2 is 2.10 bits per heavy atom. The van der Waals surface area contributed by atoms with E-state index < -0.39 is 0 Å². The van der Waals surface area contributed by atoms with Crippen LogP contribution in [0.15, 0.2) is 15.9 Å². The molecule has 3 atom stereocenters. The van der Waals surface area contributed by atoms with Gasteiger partial charge in [-0.25, -0.2) is 0 Å². The first kappa shape index (κ1) is 19.1. The number of thiophene rings is 1. The summed E-state index contributed by atoms with van der Waals surface area (Å²) in [5.41, 5.74) is 6.43. The maximum atomic E-state index is 6.43. The lowest BCUT2D eigenvalue weighted by atomic mass is 10.0. The van der Waals surface area contributed by atoms with Gasteiger partial charge in [0.1, 0.15) is 0 Å². The zero-order valence-electron chi connectivity index (χ0n) is 13.3. The van der Waals surface area contributed by atoms with Crippen LogP contribution in [-0.4, -0.2) is 51.0 Å². The monoisotopic (exact) mass is 378 g/mol. The topological polar surface area (TPSA) is 47.7 Å². The molecule has 122 valence electrons. The Kier molecular flexibility index (Phi) is 9.01. The number of halogens is 1. The summed E-state index contributed by atoms with van der Waals surface area (Å²) in [6.45, 7) is 6.53. The molecule has 0 amide bonds. The second-order valence-corrected chi connectivity index (χ2v) is 7.08. The Balaban J connectivity index is 3.03. The number of methoxy groups -OCH3 is 2. The molecule has 1 rings (SSSR count). The molecule has 0 bridgehead atoms. The van der Waals surface area contributed by atoms with E-state index in [1.54, 1.807) is 25.6 Å². The van der Waals surface area contributed by atoms with Crippen LogP contribution in [0.4, 0.5) is 0 Å². The molecule has 4 nitrogen and oxygen atoms in total. The van der Waals surface area contributed by atoms with Gasteiger partial charge in [0.15, 0.2) is 0 Å². The lowest BCUT2D eigenvalue weighted by Gasteiger charge is -2.38. The summed E-state index contributed by atoms with van der Waals surface area (Å²) in [5.74, 6) is 0. The summed E-state index contributed by atoms with van der Waals surface area (Å²) in [6.07, 6.45) is 0.934. The summed E-state index contributed by atoms with van der Waals surface area (Å²) in [4.78, 5) is 3.69. The van der Waals surface area contributed by atoms with Crippen LogP contribution in [0, 0.1) is 0 Å². The lowest BCUT2D eigenvalue weighted by molar-refractivity contribution is 0.0389. The Morgan fingerprint density at radius 3 is 2.57 bits per heavy atom. The highest BCUT2D eigenvalue weighted by Crippen LogP contribution is 2.33. The van der Waals surface area contributed by atoms with Gasteiger partial charge in [0.2, 0.25) is 0 Å². The number of hydrogen-bond donors (Lipinski definition) is 1. The van der Waals surface area contributed by atoms with Crippen molar-refractivity contribution < 1.29 is 9.47 Å². The van der Waals surface area contributed by atoms with E-state index >= 15 is 0 Å². The van der Waals surface area contributed by atoms with Crippen molar-refractivity contribution in [1.82, 2.24) is 4.90 Å². The average Bonchev–Trinajstić information content (AvgIpc) is 2.88. The van der Waals surface area contributed by atoms with Gasteiger partial charge >= 0.3 is 0 Å². The van der Waals surface area contributed by atoms with Gasteiger partial charge in [-0.3, -0.25) is 4.90 Å².